The molecular weight excluding hydrogens is 324 g/mol. The van der Waals surface area contributed by atoms with Crippen molar-refractivity contribution in [1.82, 2.24) is 5.32 Å². The number of benzene rings is 1. The summed E-state index contributed by atoms with van der Waals surface area (Å²) in [6.07, 6.45) is 6.73. The lowest BCUT2D eigenvalue weighted by Crippen LogP contribution is -2.36. The Hall–Kier alpha value is -2.70. The zero-order chi connectivity index (χ0) is 18.2. The van der Waals surface area contributed by atoms with Crippen molar-refractivity contribution in [3.8, 4) is 0 Å². The van der Waals surface area contributed by atoms with Gasteiger partial charge in [-0.05, 0) is 51.2 Å². The number of nitro benzene ring substituents is 1. The first-order chi connectivity index (χ1) is 12.0. The number of hydrogen-bond donors (Lipinski definition) is 1. The van der Waals surface area contributed by atoms with E-state index in [1.54, 1.807) is 0 Å². The third-order valence-corrected chi connectivity index (χ3v) is 4.10. The molecule has 134 valence electrons. The van der Waals surface area contributed by atoms with E-state index in [1.165, 1.54) is 49.6 Å². The van der Waals surface area contributed by atoms with Crippen LogP contribution in [0.5, 0.6) is 0 Å². The van der Waals surface area contributed by atoms with Gasteiger partial charge in [0.1, 0.15) is 0 Å². The molecule has 1 aliphatic rings. The van der Waals surface area contributed by atoms with E-state index in [-0.39, 0.29) is 17.2 Å². The van der Waals surface area contributed by atoms with Crippen molar-refractivity contribution < 1.29 is 19.2 Å². The monoisotopic (exact) mass is 346 g/mol. The number of rotatable bonds is 7. The van der Waals surface area contributed by atoms with Crippen LogP contribution in [0.25, 0.3) is 0 Å². The molecule has 0 radical (unpaired) electrons. The quantitative estimate of drug-likeness (QED) is 0.354. The van der Waals surface area contributed by atoms with Gasteiger partial charge in [-0.2, -0.15) is 0 Å². The third kappa shape index (κ3) is 5.70. The van der Waals surface area contributed by atoms with E-state index < -0.39 is 17.0 Å². The Morgan fingerprint density at radius 3 is 2.60 bits per heavy atom. The molecule has 0 fully saturated rings. The molecule has 1 amide bonds. The fourth-order valence-electron chi connectivity index (χ4n) is 2.62. The SMILES string of the molecule is C[C@H](OC(=O)c1ccc([N+](=O)[O-])cc1)C(=O)NCCC1=CCCCC1. The van der Waals surface area contributed by atoms with Gasteiger partial charge in [-0.25, -0.2) is 4.79 Å². The Bertz CT molecular complexity index is 667. The number of allylic oxidation sites excluding steroid dienone is 1. The fraction of sp³-hybridized carbons (Fsp3) is 0.444. The minimum atomic E-state index is -0.928. The maximum absolute atomic E-state index is 12.0. The molecule has 2 rings (SSSR count). The second kappa shape index (κ2) is 8.96. The highest BCUT2D eigenvalue weighted by Crippen LogP contribution is 2.19. The van der Waals surface area contributed by atoms with Crippen molar-refractivity contribution in [2.45, 2.75) is 45.1 Å². The highest BCUT2D eigenvalue weighted by atomic mass is 16.6. The normalized spacial score (nSPS) is 15.0. The molecule has 0 heterocycles. The van der Waals surface area contributed by atoms with Crippen LogP contribution in [0.3, 0.4) is 0 Å². The first-order valence-electron chi connectivity index (χ1n) is 8.38. The van der Waals surface area contributed by atoms with E-state index in [2.05, 4.69) is 11.4 Å². The number of hydrogen-bond acceptors (Lipinski definition) is 5. The Kier molecular flexibility index (Phi) is 6.68. The summed E-state index contributed by atoms with van der Waals surface area (Å²) in [6, 6.07) is 5.06. The van der Waals surface area contributed by atoms with Gasteiger partial charge in [0.05, 0.1) is 10.5 Å². The number of nitro groups is 1. The zero-order valence-corrected chi connectivity index (χ0v) is 14.2. The second-order valence-electron chi connectivity index (χ2n) is 6.00. The largest absolute Gasteiger partial charge is 0.449 e. The summed E-state index contributed by atoms with van der Waals surface area (Å²) < 4.78 is 5.11. The highest BCUT2D eigenvalue weighted by Gasteiger charge is 2.19. The standard InChI is InChI=1S/C18H22N2O5/c1-13(17(21)19-12-11-14-5-3-2-4-6-14)25-18(22)15-7-9-16(10-8-15)20(23)24/h5,7-10,13H,2-4,6,11-12H2,1H3,(H,19,21)/t13-/m0/s1. The number of esters is 1. The number of nitrogens with zero attached hydrogens (tertiary/aromatic N) is 1. The van der Waals surface area contributed by atoms with E-state index >= 15 is 0 Å². The van der Waals surface area contributed by atoms with Gasteiger partial charge in [0.25, 0.3) is 11.6 Å². The van der Waals surface area contributed by atoms with Crippen LogP contribution in [0, 0.1) is 10.1 Å². The van der Waals surface area contributed by atoms with Crippen LogP contribution in [0.1, 0.15) is 49.4 Å². The molecule has 1 N–H and O–H groups in total. The predicted octanol–water partition coefficient (Wildman–Crippen LogP) is 3.15. The van der Waals surface area contributed by atoms with Crippen molar-refractivity contribution in [3.63, 3.8) is 0 Å². The van der Waals surface area contributed by atoms with Gasteiger partial charge >= 0.3 is 5.97 Å². The molecule has 1 atom stereocenters. The Balaban J connectivity index is 1.78. The van der Waals surface area contributed by atoms with Gasteiger partial charge in [0.2, 0.25) is 0 Å². The average molecular weight is 346 g/mol. The van der Waals surface area contributed by atoms with Crippen LogP contribution in [0.2, 0.25) is 0 Å². The molecule has 1 aromatic rings. The van der Waals surface area contributed by atoms with Gasteiger partial charge in [0.15, 0.2) is 6.10 Å². The summed E-state index contributed by atoms with van der Waals surface area (Å²) in [7, 11) is 0. The number of carbonyl (C=O) groups is 2. The maximum Gasteiger partial charge on any atom is 0.338 e. The van der Waals surface area contributed by atoms with Crippen LogP contribution in [-0.2, 0) is 9.53 Å². The van der Waals surface area contributed by atoms with E-state index in [9.17, 15) is 19.7 Å². The molecule has 0 spiro atoms. The molecule has 0 unspecified atom stereocenters. The van der Waals surface area contributed by atoms with Gasteiger partial charge < -0.3 is 10.1 Å². The smallest absolute Gasteiger partial charge is 0.338 e. The molecular formula is C18H22N2O5. The van der Waals surface area contributed by atoms with Crippen LogP contribution in [-0.4, -0.2) is 29.4 Å². The van der Waals surface area contributed by atoms with Crippen molar-refractivity contribution in [2.24, 2.45) is 0 Å². The summed E-state index contributed by atoms with van der Waals surface area (Å²) in [4.78, 5) is 34.0. The van der Waals surface area contributed by atoms with Gasteiger partial charge in [-0.15, -0.1) is 0 Å². The van der Waals surface area contributed by atoms with Crippen LogP contribution >= 0.6 is 0 Å². The van der Waals surface area contributed by atoms with Gasteiger partial charge in [-0.1, -0.05) is 11.6 Å². The topological polar surface area (TPSA) is 98.5 Å². The maximum atomic E-state index is 12.0. The lowest BCUT2D eigenvalue weighted by molar-refractivity contribution is -0.384. The summed E-state index contributed by atoms with van der Waals surface area (Å²) in [5, 5.41) is 13.4. The van der Waals surface area contributed by atoms with E-state index in [0.717, 1.165) is 19.3 Å². The van der Waals surface area contributed by atoms with E-state index in [1.807, 2.05) is 0 Å². The van der Waals surface area contributed by atoms with Gasteiger partial charge in [0, 0.05) is 18.7 Å². The number of nitrogens with one attached hydrogen (secondary N) is 1. The Labute approximate surface area is 146 Å². The summed E-state index contributed by atoms with van der Waals surface area (Å²) >= 11 is 0. The third-order valence-electron chi connectivity index (χ3n) is 4.10. The average Bonchev–Trinajstić information content (AvgIpc) is 2.62. The molecule has 7 heteroatoms. The summed E-state index contributed by atoms with van der Waals surface area (Å²) in [5.74, 6) is -1.04. The van der Waals surface area contributed by atoms with Crippen LogP contribution in [0.15, 0.2) is 35.9 Å². The molecule has 0 aromatic heterocycles. The van der Waals surface area contributed by atoms with Crippen molar-refractivity contribution in [1.29, 1.82) is 0 Å². The summed E-state index contributed by atoms with van der Waals surface area (Å²) in [5.41, 5.74) is 1.42. The van der Waals surface area contributed by atoms with Crippen molar-refractivity contribution in [3.05, 3.63) is 51.6 Å². The molecule has 0 aliphatic heterocycles. The predicted molar refractivity (Wildman–Crippen MR) is 92.2 cm³/mol. The molecule has 25 heavy (non-hydrogen) atoms. The number of amides is 1. The molecule has 1 aliphatic carbocycles. The molecule has 0 bridgehead atoms. The summed E-state index contributed by atoms with van der Waals surface area (Å²) in [6.45, 7) is 2.02. The Morgan fingerprint density at radius 1 is 1.28 bits per heavy atom. The lowest BCUT2D eigenvalue weighted by atomic mass is 9.97. The molecule has 1 aromatic carbocycles. The number of non-ortho nitro benzene ring substituents is 1. The fourth-order valence-corrected chi connectivity index (χ4v) is 2.62. The van der Waals surface area contributed by atoms with Gasteiger partial charge in [-0.3, -0.25) is 14.9 Å². The number of ether oxygens (including phenoxy) is 1. The number of carbonyl (C=O) groups excluding carboxylic acids is 2. The van der Waals surface area contributed by atoms with E-state index in [0.29, 0.717) is 6.54 Å². The minimum Gasteiger partial charge on any atom is -0.449 e. The zero-order valence-electron chi connectivity index (χ0n) is 14.2. The highest BCUT2D eigenvalue weighted by molar-refractivity contribution is 5.92. The first-order valence-corrected chi connectivity index (χ1v) is 8.38. The van der Waals surface area contributed by atoms with Crippen LogP contribution < -0.4 is 5.32 Å². The Morgan fingerprint density at radius 2 is 2.00 bits per heavy atom. The van der Waals surface area contributed by atoms with Crippen LogP contribution in [0.4, 0.5) is 5.69 Å². The van der Waals surface area contributed by atoms with E-state index in [4.69, 9.17) is 4.74 Å². The first kappa shape index (κ1) is 18.6. The van der Waals surface area contributed by atoms with Crippen molar-refractivity contribution >= 4 is 17.6 Å². The minimum absolute atomic E-state index is 0.112. The lowest BCUT2D eigenvalue weighted by Gasteiger charge is -2.15. The molecule has 7 nitrogen and oxygen atoms in total. The molecule has 0 saturated carbocycles. The second-order valence-corrected chi connectivity index (χ2v) is 6.00. The molecule has 0 saturated heterocycles. The van der Waals surface area contributed by atoms with Crippen molar-refractivity contribution in [2.75, 3.05) is 6.54 Å².